The van der Waals surface area contributed by atoms with Crippen LogP contribution in [0, 0.1) is 5.21 Å². The lowest BCUT2D eigenvalue weighted by molar-refractivity contribution is -0.725. The average Bonchev–Trinajstić information content (AvgIpc) is 2.12. The SMILES string of the molecule is [O-][N+](O)=C1C=CC=C1. The zero-order chi connectivity index (χ0) is 5.98. The van der Waals surface area contributed by atoms with Crippen LogP contribution in [0.1, 0.15) is 0 Å². The van der Waals surface area contributed by atoms with Gasteiger partial charge in [-0.05, 0) is 0 Å². The fraction of sp³-hybridized carbons (Fsp3) is 0. The first-order valence-corrected chi connectivity index (χ1v) is 2.18. The van der Waals surface area contributed by atoms with Gasteiger partial charge in [-0.2, -0.15) is 0 Å². The Morgan fingerprint density at radius 2 is 1.88 bits per heavy atom. The zero-order valence-electron chi connectivity index (χ0n) is 4.11. The van der Waals surface area contributed by atoms with Crippen molar-refractivity contribution in [2.24, 2.45) is 0 Å². The highest BCUT2D eigenvalue weighted by molar-refractivity contribution is 6.02. The molecule has 0 saturated heterocycles. The van der Waals surface area contributed by atoms with Crippen molar-refractivity contribution in [3.63, 3.8) is 0 Å². The van der Waals surface area contributed by atoms with Crippen LogP contribution in [-0.4, -0.2) is 15.8 Å². The van der Waals surface area contributed by atoms with E-state index in [1.807, 2.05) is 0 Å². The Balaban J connectivity index is 2.90. The average molecular weight is 111 g/mol. The Bertz CT molecular complexity index is 161. The molecule has 0 amide bonds. The van der Waals surface area contributed by atoms with E-state index < -0.39 is 0 Å². The molecule has 0 fully saturated rings. The molecule has 0 aromatic heterocycles. The number of rotatable bonds is 0. The van der Waals surface area contributed by atoms with Crippen molar-refractivity contribution in [3.05, 3.63) is 29.5 Å². The number of hydrogen-bond acceptors (Lipinski definition) is 2. The Kier molecular flexibility index (Phi) is 1.04. The second-order valence-corrected chi connectivity index (χ2v) is 1.42. The molecule has 0 bridgehead atoms. The summed E-state index contributed by atoms with van der Waals surface area (Å²) in [5.74, 6) is 0. The fourth-order valence-corrected chi connectivity index (χ4v) is 0.491. The lowest BCUT2D eigenvalue weighted by atomic mass is 10.4. The van der Waals surface area contributed by atoms with Gasteiger partial charge in [0.25, 0.3) is 5.71 Å². The molecule has 0 radical (unpaired) electrons. The molecular weight excluding hydrogens is 106 g/mol. The summed E-state index contributed by atoms with van der Waals surface area (Å²) in [5, 5.41) is 18.2. The largest absolute Gasteiger partial charge is 0.417 e. The quantitative estimate of drug-likeness (QED) is 0.280. The van der Waals surface area contributed by atoms with Gasteiger partial charge in [0.2, 0.25) is 0 Å². The topological polar surface area (TPSA) is 46.3 Å². The van der Waals surface area contributed by atoms with Gasteiger partial charge in [-0.15, -0.1) is 0 Å². The minimum absolute atomic E-state index is 0.167. The van der Waals surface area contributed by atoms with Gasteiger partial charge in [-0.1, -0.05) is 12.2 Å². The minimum Gasteiger partial charge on any atom is -0.417 e. The summed E-state index contributed by atoms with van der Waals surface area (Å²) in [6.07, 6.45) is 6.40. The maximum Gasteiger partial charge on any atom is 0.267 e. The van der Waals surface area contributed by atoms with Crippen molar-refractivity contribution in [1.29, 1.82) is 0 Å². The second-order valence-electron chi connectivity index (χ2n) is 1.42. The van der Waals surface area contributed by atoms with E-state index in [0.717, 1.165) is 0 Å². The van der Waals surface area contributed by atoms with Crippen LogP contribution in [0.4, 0.5) is 0 Å². The van der Waals surface area contributed by atoms with Crippen LogP contribution in [-0.2, 0) is 0 Å². The molecule has 0 heterocycles. The summed E-state index contributed by atoms with van der Waals surface area (Å²) >= 11 is 0. The molecular formula is C5H5NO2. The van der Waals surface area contributed by atoms with E-state index in [4.69, 9.17) is 5.21 Å². The maximum absolute atomic E-state index is 9.98. The molecule has 0 aliphatic heterocycles. The van der Waals surface area contributed by atoms with Crippen LogP contribution in [0.25, 0.3) is 0 Å². The molecule has 3 nitrogen and oxygen atoms in total. The van der Waals surface area contributed by atoms with E-state index in [2.05, 4.69) is 0 Å². The van der Waals surface area contributed by atoms with Crippen LogP contribution in [0.3, 0.4) is 0 Å². The standard InChI is InChI=1S/C5H5NO2/c7-6(8)5-3-1-2-4-5/h1-4H,(H,7,8). The number of allylic oxidation sites excluding steroid dienone is 4. The first kappa shape index (κ1) is 4.90. The molecule has 1 aliphatic rings. The van der Waals surface area contributed by atoms with Gasteiger partial charge in [0.1, 0.15) is 0 Å². The molecule has 0 saturated carbocycles. The van der Waals surface area contributed by atoms with Crippen molar-refractivity contribution in [3.8, 4) is 0 Å². The van der Waals surface area contributed by atoms with Crippen LogP contribution in [0.15, 0.2) is 24.3 Å². The molecule has 1 rings (SSSR count). The van der Waals surface area contributed by atoms with E-state index in [1.54, 1.807) is 12.2 Å². The Labute approximate surface area is 46.4 Å². The number of hydrogen-bond donors (Lipinski definition) is 1. The van der Waals surface area contributed by atoms with E-state index in [-0.39, 0.29) is 10.6 Å². The summed E-state index contributed by atoms with van der Waals surface area (Å²) in [6, 6.07) is 0. The van der Waals surface area contributed by atoms with E-state index in [0.29, 0.717) is 0 Å². The molecule has 1 aliphatic carbocycles. The monoisotopic (exact) mass is 111 g/mol. The minimum atomic E-state index is -0.167. The molecule has 0 spiro atoms. The van der Waals surface area contributed by atoms with Gasteiger partial charge >= 0.3 is 0 Å². The van der Waals surface area contributed by atoms with Crippen LogP contribution in [0.5, 0.6) is 0 Å². The summed E-state index contributed by atoms with van der Waals surface area (Å²) in [5.41, 5.74) is 0.269. The van der Waals surface area contributed by atoms with Crippen LogP contribution >= 0.6 is 0 Å². The zero-order valence-corrected chi connectivity index (χ0v) is 4.11. The lowest BCUT2D eigenvalue weighted by Crippen LogP contribution is -2.04. The van der Waals surface area contributed by atoms with Gasteiger partial charge in [-0.3, -0.25) is 5.21 Å². The summed E-state index contributed by atoms with van der Waals surface area (Å²) < 4.78 is 0. The predicted octanol–water partition coefficient (Wildman–Crippen LogP) is 0.453. The van der Waals surface area contributed by atoms with Crippen molar-refractivity contribution in [2.45, 2.75) is 0 Å². The Hall–Kier alpha value is -1.25. The molecule has 3 heteroatoms. The molecule has 0 atom stereocenters. The molecule has 42 valence electrons. The molecule has 8 heavy (non-hydrogen) atoms. The smallest absolute Gasteiger partial charge is 0.267 e. The third-order valence-electron chi connectivity index (χ3n) is 0.866. The molecule has 0 aromatic carbocycles. The van der Waals surface area contributed by atoms with E-state index in [1.165, 1.54) is 12.2 Å². The van der Waals surface area contributed by atoms with Gasteiger partial charge in [-0.25, -0.2) is 0 Å². The molecule has 0 aromatic rings. The van der Waals surface area contributed by atoms with Crippen LogP contribution < -0.4 is 0 Å². The van der Waals surface area contributed by atoms with Gasteiger partial charge < -0.3 is 5.21 Å². The first-order chi connectivity index (χ1) is 3.80. The van der Waals surface area contributed by atoms with Crippen molar-refractivity contribution < 1.29 is 10.1 Å². The number of nitrogens with zero attached hydrogens (tertiary/aromatic N) is 1. The Morgan fingerprint density at radius 1 is 1.38 bits per heavy atom. The van der Waals surface area contributed by atoms with E-state index >= 15 is 0 Å². The lowest BCUT2D eigenvalue weighted by Gasteiger charge is -1.84. The van der Waals surface area contributed by atoms with Crippen LogP contribution in [0.2, 0.25) is 0 Å². The van der Waals surface area contributed by atoms with Crippen molar-refractivity contribution in [1.82, 2.24) is 0 Å². The maximum atomic E-state index is 9.98. The van der Waals surface area contributed by atoms with Gasteiger partial charge in [0, 0.05) is 17.1 Å². The third kappa shape index (κ3) is 0.703. The second kappa shape index (κ2) is 1.69. The summed E-state index contributed by atoms with van der Waals surface area (Å²) in [6.45, 7) is 0. The molecule has 1 N–H and O–H groups in total. The molecule has 0 unspecified atom stereocenters. The summed E-state index contributed by atoms with van der Waals surface area (Å²) in [4.78, 5) is -0.167. The highest BCUT2D eigenvalue weighted by Gasteiger charge is 2.02. The predicted molar refractivity (Wildman–Crippen MR) is 28.7 cm³/mol. The first-order valence-electron chi connectivity index (χ1n) is 2.18. The Morgan fingerprint density at radius 3 is 2.12 bits per heavy atom. The fourth-order valence-electron chi connectivity index (χ4n) is 0.491. The van der Waals surface area contributed by atoms with Crippen molar-refractivity contribution in [2.75, 3.05) is 0 Å². The summed E-state index contributed by atoms with van der Waals surface area (Å²) in [7, 11) is 0. The highest BCUT2D eigenvalue weighted by Crippen LogP contribution is 1.92. The van der Waals surface area contributed by atoms with Crippen molar-refractivity contribution >= 4 is 5.71 Å². The van der Waals surface area contributed by atoms with E-state index in [9.17, 15) is 5.21 Å². The highest BCUT2D eigenvalue weighted by atomic mass is 16.8. The van der Waals surface area contributed by atoms with Gasteiger partial charge in [0.15, 0.2) is 0 Å². The normalized spacial score (nSPS) is 15.2. The third-order valence-corrected chi connectivity index (χ3v) is 0.866. The van der Waals surface area contributed by atoms with Gasteiger partial charge in [0.05, 0.1) is 0 Å².